The molecule has 0 unspecified atom stereocenters. The molecule has 65 heavy (non-hydrogen) atoms. The van der Waals surface area contributed by atoms with Gasteiger partial charge in [0.2, 0.25) is 0 Å². The summed E-state index contributed by atoms with van der Waals surface area (Å²) < 4.78 is 2.41. The monoisotopic (exact) mass is 830 g/mol. The molecular formula is C61H42N4. The Kier molecular flexibility index (Phi) is 9.35. The Hall–Kier alpha value is -8.60. The molecular weight excluding hydrogens is 789 g/mol. The Morgan fingerprint density at radius 2 is 0.985 bits per heavy atom. The van der Waals surface area contributed by atoms with Crippen LogP contribution >= 0.6 is 0 Å². The predicted octanol–water partition coefficient (Wildman–Crippen LogP) is 15.1. The molecule has 306 valence electrons. The maximum atomic E-state index is 6.82. The van der Waals surface area contributed by atoms with E-state index in [9.17, 15) is 0 Å². The molecule has 12 aromatic rings. The van der Waals surface area contributed by atoms with E-state index in [1.54, 1.807) is 0 Å². The fourth-order valence-corrected chi connectivity index (χ4v) is 9.68. The van der Waals surface area contributed by atoms with Gasteiger partial charge < -0.3 is 10.3 Å². The van der Waals surface area contributed by atoms with Gasteiger partial charge in [-0.3, -0.25) is 4.99 Å². The first-order valence-electron chi connectivity index (χ1n) is 22.1. The average molecular weight is 831 g/mol. The first-order chi connectivity index (χ1) is 32.1. The minimum atomic E-state index is 0.421. The van der Waals surface area contributed by atoms with Crippen molar-refractivity contribution in [2.24, 2.45) is 15.7 Å². The van der Waals surface area contributed by atoms with Crippen molar-refractivity contribution in [3.63, 3.8) is 0 Å². The van der Waals surface area contributed by atoms with E-state index in [-0.39, 0.29) is 0 Å². The van der Waals surface area contributed by atoms with Crippen LogP contribution in [0.25, 0.3) is 92.8 Å². The lowest BCUT2D eigenvalue weighted by Gasteiger charge is -2.16. The van der Waals surface area contributed by atoms with Crippen LogP contribution in [0.1, 0.15) is 16.7 Å². The zero-order chi connectivity index (χ0) is 43.3. The van der Waals surface area contributed by atoms with Gasteiger partial charge in [0.15, 0.2) is 5.84 Å². The van der Waals surface area contributed by atoms with E-state index < -0.39 is 0 Å². The van der Waals surface area contributed by atoms with Crippen LogP contribution < -0.4 is 5.73 Å². The summed E-state index contributed by atoms with van der Waals surface area (Å²) >= 11 is 0. The fourth-order valence-electron chi connectivity index (χ4n) is 9.68. The van der Waals surface area contributed by atoms with Crippen LogP contribution in [0.2, 0.25) is 0 Å². The molecule has 0 radical (unpaired) electrons. The Morgan fingerprint density at radius 3 is 1.78 bits per heavy atom. The largest absolute Gasteiger partial charge is 0.383 e. The van der Waals surface area contributed by atoms with E-state index >= 15 is 0 Å². The van der Waals surface area contributed by atoms with Crippen molar-refractivity contribution in [1.82, 2.24) is 4.57 Å². The smallest absolute Gasteiger partial charge is 0.157 e. The van der Waals surface area contributed by atoms with E-state index in [0.717, 1.165) is 49.7 Å². The summed E-state index contributed by atoms with van der Waals surface area (Å²) in [6.07, 6.45) is 0. The molecule has 0 aliphatic carbocycles. The Morgan fingerprint density at radius 1 is 0.400 bits per heavy atom. The molecule has 1 aromatic heterocycles. The lowest BCUT2D eigenvalue weighted by Crippen LogP contribution is -2.16. The van der Waals surface area contributed by atoms with E-state index in [1.165, 1.54) is 59.9 Å². The molecule has 0 aliphatic rings. The van der Waals surface area contributed by atoms with Crippen LogP contribution in [-0.2, 0) is 6.54 Å². The second kappa shape index (κ2) is 15.9. The standard InChI is InChI=1S/C61H42N4/c62-60(44-17-5-2-6-18-44)64-61(63-39-40-26-28-43(29-27-40)41-14-3-1-4-15-41)55-24-13-23-53-49-20-9-10-21-50(49)56-37-46(32-35-54(56)59(53)55)47-31-34-52-51-22-11-12-25-57(51)65(58(52)38-47)48-33-30-42-16-7-8-19-45(42)36-48/h1-38H,39H2,(H2,62,63,64). The highest BCUT2D eigenvalue weighted by Crippen LogP contribution is 2.41. The molecule has 0 amide bonds. The summed E-state index contributed by atoms with van der Waals surface area (Å²) in [5, 5.41) is 11.9. The fraction of sp³-hybridized carbons (Fsp3) is 0.0164. The van der Waals surface area contributed by atoms with Gasteiger partial charge >= 0.3 is 0 Å². The highest BCUT2D eigenvalue weighted by atomic mass is 15.0. The van der Waals surface area contributed by atoms with Gasteiger partial charge in [-0.25, -0.2) is 4.99 Å². The second-order valence-corrected chi connectivity index (χ2v) is 16.7. The van der Waals surface area contributed by atoms with Crippen LogP contribution in [-0.4, -0.2) is 16.2 Å². The van der Waals surface area contributed by atoms with E-state index in [1.807, 2.05) is 36.4 Å². The number of aromatic nitrogens is 1. The first-order valence-corrected chi connectivity index (χ1v) is 22.1. The molecule has 4 nitrogen and oxygen atoms in total. The van der Waals surface area contributed by atoms with Gasteiger partial charge in [0.05, 0.1) is 17.6 Å². The zero-order valence-electron chi connectivity index (χ0n) is 35.6. The molecule has 2 N–H and O–H groups in total. The Balaban J connectivity index is 1.03. The summed E-state index contributed by atoms with van der Waals surface area (Å²) in [7, 11) is 0. The van der Waals surface area contributed by atoms with Crippen molar-refractivity contribution in [2.45, 2.75) is 6.54 Å². The lowest BCUT2D eigenvalue weighted by atomic mass is 9.89. The number of hydrogen-bond acceptors (Lipinski definition) is 1. The third-order valence-corrected chi connectivity index (χ3v) is 12.9. The number of fused-ring (bicyclic) bond motifs is 10. The first kappa shape index (κ1) is 38.1. The van der Waals surface area contributed by atoms with Gasteiger partial charge in [0.1, 0.15) is 5.84 Å². The van der Waals surface area contributed by atoms with E-state index in [2.05, 4.69) is 199 Å². The third kappa shape index (κ3) is 6.80. The molecule has 1 heterocycles. The predicted molar refractivity (Wildman–Crippen MR) is 276 cm³/mol. The van der Waals surface area contributed by atoms with Gasteiger partial charge in [0.25, 0.3) is 0 Å². The molecule has 11 aromatic carbocycles. The molecule has 12 rings (SSSR count). The maximum absolute atomic E-state index is 6.82. The molecule has 0 aliphatic heterocycles. The van der Waals surface area contributed by atoms with Crippen LogP contribution in [0.3, 0.4) is 0 Å². The van der Waals surface area contributed by atoms with Gasteiger partial charge in [0, 0.05) is 33.0 Å². The number of amidine groups is 2. The quantitative estimate of drug-likeness (QED) is 0.0971. The van der Waals surface area contributed by atoms with Crippen molar-refractivity contribution in [3.05, 3.63) is 247 Å². The van der Waals surface area contributed by atoms with E-state index in [0.29, 0.717) is 18.2 Å². The second-order valence-electron chi connectivity index (χ2n) is 16.7. The molecule has 0 saturated heterocycles. The molecule has 0 saturated carbocycles. The number of nitrogens with two attached hydrogens (primary N) is 1. The summed E-state index contributed by atoms with van der Waals surface area (Å²) in [5.74, 6) is 1.02. The van der Waals surface area contributed by atoms with Crippen molar-refractivity contribution in [1.29, 1.82) is 0 Å². The van der Waals surface area contributed by atoms with Gasteiger partial charge in [-0.1, -0.05) is 200 Å². The maximum Gasteiger partial charge on any atom is 0.157 e. The molecule has 0 atom stereocenters. The third-order valence-electron chi connectivity index (χ3n) is 12.9. The van der Waals surface area contributed by atoms with Crippen molar-refractivity contribution < 1.29 is 0 Å². The summed E-state index contributed by atoms with van der Waals surface area (Å²) in [5.41, 5.74) is 17.9. The van der Waals surface area contributed by atoms with Crippen LogP contribution in [0.15, 0.2) is 241 Å². The lowest BCUT2D eigenvalue weighted by molar-refractivity contribution is 1.06. The van der Waals surface area contributed by atoms with E-state index in [4.69, 9.17) is 15.7 Å². The highest BCUT2D eigenvalue weighted by molar-refractivity contribution is 6.31. The molecule has 4 heteroatoms. The topological polar surface area (TPSA) is 55.7 Å². The van der Waals surface area contributed by atoms with Crippen molar-refractivity contribution in [2.75, 3.05) is 0 Å². The number of hydrogen-bond donors (Lipinski definition) is 1. The summed E-state index contributed by atoms with van der Waals surface area (Å²) in [4.78, 5) is 10.4. The van der Waals surface area contributed by atoms with Gasteiger partial charge in [-0.05, 0) is 95.9 Å². The summed E-state index contributed by atoms with van der Waals surface area (Å²) in [6.45, 7) is 0.445. The SMILES string of the molecule is NC(=NC(=NCc1ccc(-c2ccccc2)cc1)c1cccc2c3ccccc3c3cc(-c4ccc5c6ccccc6n(-c6ccc7ccccc7c6)c5c4)ccc3c12)c1ccccc1. The summed E-state index contributed by atoms with van der Waals surface area (Å²) in [6, 6.07) is 82.2. The van der Waals surface area contributed by atoms with Crippen LogP contribution in [0, 0.1) is 0 Å². The molecule has 0 fully saturated rings. The molecule has 0 bridgehead atoms. The normalized spacial score (nSPS) is 12.3. The van der Waals surface area contributed by atoms with Crippen molar-refractivity contribution >= 4 is 76.6 Å². The number of para-hydroxylation sites is 1. The van der Waals surface area contributed by atoms with Crippen molar-refractivity contribution in [3.8, 4) is 27.9 Å². The highest BCUT2D eigenvalue weighted by Gasteiger charge is 2.18. The molecule has 0 spiro atoms. The Bertz CT molecular complexity index is 3840. The number of benzene rings is 11. The van der Waals surface area contributed by atoms with Gasteiger partial charge in [-0.15, -0.1) is 0 Å². The van der Waals surface area contributed by atoms with Crippen LogP contribution in [0.5, 0.6) is 0 Å². The Labute approximate surface area is 376 Å². The number of aliphatic imine (C=N–C) groups is 2. The zero-order valence-corrected chi connectivity index (χ0v) is 35.6. The number of rotatable bonds is 7. The minimum absolute atomic E-state index is 0.421. The van der Waals surface area contributed by atoms with Crippen LogP contribution in [0.4, 0.5) is 0 Å². The number of nitrogens with zero attached hydrogens (tertiary/aromatic N) is 3. The minimum Gasteiger partial charge on any atom is -0.383 e. The average Bonchev–Trinajstić information content (AvgIpc) is 3.71. The van der Waals surface area contributed by atoms with Gasteiger partial charge in [-0.2, -0.15) is 0 Å².